The van der Waals surface area contributed by atoms with E-state index in [0.29, 0.717) is 17.9 Å². The number of anilines is 1. The van der Waals surface area contributed by atoms with E-state index in [9.17, 15) is 5.11 Å². The van der Waals surface area contributed by atoms with Gasteiger partial charge in [-0.15, -0.1) is 0 Å². The number of pyridine rings is 1. The normalized spacial score (nSPS) is 11.9. The van der Waals surface area contributed by atoms with Gasteiger partial charge in [-0.05, 0) is 23.8 Å². The lowest BCUT2D eigenvalue weighted by atomic mass is 10.1. The van der Waals surface area contributed by atoms with Crippen molar-refractivity contribution < 1.29 is 9.84 Å². The molecule has 9 heteroatoms. The van der Waals surface area contributed by atoms with Gasteiger partial charge in [0.1, 0.15) is 28.5 Å². The van der Waals surface area contributed by atoms with Crippen molar-refractivity contribution in [2.24, 2.45) is 0 Å². The molecule has 140 valence electrons. The van der Waals surface area contributed by atoms with Gasteiger partial charge in [-0.1, -0.05) is 46.9 Å². The van der Waals surface area contributed by atoms with E-state index in [1.54, 1.807) is 13.2 Å². The Morgan fingerprint density at radius 2 is 1.85 bits per heavy atom. The molecule has 0 fully saturated rings. The summed E-state index contributed by atoms with van der Waals surface area (Å²) < 4.78 is 5.14. The smallest absolute Gasteiger partial charge is 0.155 e. The molecule has 3 rings (SSSR count). The number of aliphatic hydroxyl groups excluding tert-OH is 1. The van der Waals surface area contributed by atoms with E-state index < -0.39 is 6.10 Å². The van der Waals surface area contributed by atoms with Gasteiger partial charge in [0.15, 0.2) is 5.15 Å². The Balaban J connectivity index is 1.80. The average Bonchev–Trinajstić information content (AvgIpc) is 2.67. The molecule has 1 aromatic carbocycles. The minimum Gasteiger partial charge on any atom is -0.497 e. The van der Waals surface area contributed by atoms with Crippen molar-refractivity contribution in [1.29, 1.82) is 0 Å². The van der Waals surface area contributed by atoms with Crippen molar-refractivity contribution in [3.8, 4) is 5.75 Å². The zero-order chi connectivity index (χ0) is 19.4. The highest BCUT2D eigenvalue weighted by atomic mass is 35.5. The van der Waals surface area contributed by atoms with Gasteiger partial charge in [-0.3, -0.25) is 4.98 Å². The first-order chi connectivity index (χ1) is 13.0. The van der Waals surface area contributed by atoms with E-state index in [1.807, 2.05) is 24.3 Å². The number of hydrogen-bond donors (Lipinski definition) is 2. The van der Waals surface area contributed by atoms with Crippen LogP contribution in [0.25, 0.3) is 0 Å². The molecule has 0 aliphatic carbocycles. The first-order valence-electron chi connectivity index (χ1n) is 7.86. The van der Waals surface area contributed by atoms with E-state index in [4.69, 9.17) is 39.5 Å². The molecular weight excluding hydrogens is 411 g/mol. The number of methoxy groups -OCH3 is 1. The Kier molecular flexibility index (Phi) is 6.34. The minimum atomic E-state index is -1.17. The molecule has 0 radical (unpaired) electrons. The molecule has 0 saturated carbocycles. The summed E-state index contributed by atoms with van der Waals surface area (Å²) in [5.41, 5.74) is 1.59. The van der Waals surface area contributed by atoms with Crippen LogP contribution in [-0.2, 0) is 6.54 Å². The molecular formula is C18H15Cl3N4O2. The summed E-state index contributed by atoms with van der Waals surface area (Å²) in [6.07, 6.45) is 1.68. The molecule has 2 N–H and O–H groups in total. The third-order valence-corrected chi connectivity index (χ3v) is 4.68. The highest BCUT2D eigenvalue weighted by Crippen LogP contribution is 2.33. The van der Waals surface area contributed by atoms with Crippen LogP contribution < -0.4 is 10.1 Å². The molecule has 0 spiro atoms. The molecule has 1 unspecified atom stereocenters. The van der Waals surface area contributed by atoms with E-state index in [2.05, 4.69) is 20.3 Å². The predicted octanol–water partition coefficient (Wildman–Crippen LogP) is 4.53. The van der Waals surface area contributed by atoms with Crippen molar-refractivity contribution in [3.63, 3.8) is 0 Å². The van der Waals surface area contributed by atoms with Crippen molar-refractivity contribution in [1.82, 2.24) is 15.0 Å². The molecule has 1 atom stereocenters. The number of halogens is 3. The second-order valence-corrected chi connectivity index (χ2v) is 6.66. The van der Waals surface area contributed by atoms with Crippen LogP contribution in [0.15, 0.2) is 42.7 Å². The van der Waals surface area contributed by atoms with Gasteiger partial charge in [0.25, 0.3) is 0 Å². The number of benzene rings is 1. The van der Waals surface area contributed by atoms with Crippen LogP contribution in [0.3, 0.4) is 0 Å². The Morgan fingerprint density at radius 3 is 2.52 bits per heavy atom. The van der Waals surface area contributed by atoms with Crippen molar-refractivity contribution >= 4 is 40.6 Å². The highest BCUT2D eigenvalue weighted by Gasteiger charge is 2.21. The number of rotatable bonds is 6. The molecule has 2 heterocycles. The van der Waals surface area contributed by atoms with Crippen LogP contribution in [0.2, 0.25) is 15.3 Å². The lowest BCUT2D eigenvalue weighted by Gasteiger charge is -2.16. The fourth-order valence-electron chi connectivity index (χ4n) is 2.41. The lowest BCUT2D eigenvalue weighted by Crippen LogP contribution is -2.08. The Hall–Kier alpha value is -2.12. The summed E-state index contributed by atoms with van der Waals surface area (Å²) in [5, 5.41) is 14.2. The molecule has 6 nitrogen and oxygen atoms in total. The maximum atomic E-state index is 10.6. The van der Waals surface area contributed by atoms with Crippen LogP contribution in [0.1, 0.15) is 22.9 Å². The quantitative estimate of drug-likeness (QED) is 0.604. The molecule has 3 aromatic rings. The van der Waals surface area contributed by atoms with Gasteiger partial charge < -0.3 is 15.2 Å². The van der Waals surface area contributed by atoms with E-state index in [0.717, 1.165) is 11.3 Å². The zero-order valence-corrected chi connectivity index (χ0v) is 16.4. The standard InChI is InChI=1S/C18H15Cl3N4O2/c1-27-11-4-2-10(3-5-11)8-24-18-14(20)12(6-7-22-18)16(26)15-17(21)25-13(19)9-23-15/h2-7,9,16,26H,8H2,1H3,(H,22,24). The SMILES string of the molecule is COc1ccc(CNc2nccc(C(O)c3ncc(Cl)nc3Cl)c2Cl)cc1. The summed E-state index contributed by atoms with van der Waals surface area (Å²) in [5.74, 6) is 1.21. The van der Waals surface area contributed by atoms with Gasteiger partial charge in [0.05, 0.1) is 18.3 Å². The number of aliphatic hydroxyl groups is 1. The number of ether oxygens (including phenoxy) is 1. The Labute approximate surface area is 171 Å². The maximum Gasteiger partial charge on any atom is 0.155 e. The molecule has 0 bridgehead atoms. The third-order valence-electron chi connectivity index (χ3n) is 3.82. The van der Waals surface area contributed by atoms with Gasteiger partial charge in [0, 0.05) is 18.3 Å². The molecule has 0 amide bonds. The predicted molar refractivity (Wildman–Crippen MR) is 106 cm³/mol. The van der Waals surface area contributed by atoms with Gasteiger partial charge in [-0.2, -0.15) is 0 Å². The second-order valence-electron chi connectivity index (χ2n) is 5.54. The maximum absolute atomic E-state index is 10.6. The number of aromatic nitrogens is 3. The molecule has 2 aromatic heterocycles. The Morgan fingerprint density at radius 1 is 1.11 bits per heavy atom. The van der Waals surface area contributed by atoms with E-state index in [-0.39, 0.29) is 21.0 Å². The molecule has 0 aliphatic rings. The first kappa shape index (κ1) is 19.6. The van der Waals surface area contributed by atoms with Crippen LogP contribution in [0, 0.1) is 0 Å². The molecule has 27 heavy (non-hydrogen) atoms. The summed E-state index contributed by atoms with van der Waals surface area (Å²) in [7, 11) is 1.62. The van der Waals surface area contributed by atoms with E-state index in [1.165, 1.54) is 12.4 Å². The molecule has 0 aliphatic heterocycles. The summed E-state index contributed by atoms with van der Waals surface area (Å²) in [4.78, 5) is 12.2. The van der Waals surface area contributed by atoms with Crippen molar-refractivity contribution in [2.45, 2.75) is 12.6 Å². The molecule has 0 saturated heterocycles. The highest BCUT2D eigenvalue weighted by molar-refractivity contribution is 6.34. The third kappa shape index (κ3) is 4.59. The van der Waals surface area contributed by atoms with Crippen LogP contribution in [0.5, 0.6) is 5.75 Å². The number of hydrogen-bond acceptors (Lipinski definition) is 6. The fraction of sp³-hybridized carbons (Fsp3) is 0.167. The summed E-state index contributed by atoms with van der Waals surface area (Å²) in [6.45, 7) is 0.498. The van der Waals surface area contributed by atoms with Gasteiger partial charge in [-0.25, -0.2) is 9.97 Å². The fourth-order valence-corrected chi connectivity index (χ4v) is 3.11. The van der Waals surface area contributed by atoms with Gasteiger partial charge in [0.2, 0.25) is 0 Å². The lowest BCUT2D eigenvalue weighted by molar-refractivity contribution is 0.215. The summed E-state index contributed by atoms with van der Waals surface area (Å²) in [6, 6.07) is 9.20. The Bertz CT molecular complexity index is 938. The summed E-state index contributed by atoms with van der Waals surface area (Å²) >= 11 is 18.2. The monoisotopic (exact) mass is 424 g/mol. The number of nitrogens with one attached hydrogen (secondary N) is 1. The number of nitrogens with zero attached hydrogens (tertiary/aromatic N) is 3. The van der Waals surface area contributed by atoms with Crippen LogP contribution in [-0.4, -0.2) is 27.2 Å². The van der Waals surface area contributed by atoms with Crippen LogP contribution >= 0.6 is 34.8 Å². The van der Waals surface area contributed by atoms with Crippen molar-refractivity contribution in [3.05, 3.63) is 74.9 Å². The van der Waals surface area contributed by atoms with Crippen molar-refractivity contribution in [2.75, 3.05) is 12.4 Å². The first-order valence-corrected chi connectivity index (χ1v) is 9.00. The van der Waals surface area contributed by atoms with Crippen LogP contribution in [0.4, 0.5) is 5.82 Å². The van der Waals surface area contributed by atoms with E-state index >= 15 is 0 Å². The largest absolute Gasteiger partial charge is 0.497 e. The van der Waals surface area contributed by atoms with Gasteiger partial charge >= 0.3 is 0 Å². The average molecular weight is 426 g/mol. The minimum absolute atomic E-state index is 0.00983. The topological polar surface area (TPSA) is 80.2 Å². The second kappa shape index (κ2) is 8.71. The zero-order valence-electron chi connectivity index (χ0n) is 14.2.